The van der Waals surface area contributed by atoms with Crippen LogP contribution in [0.2, 0.25) is 0 Å². The monoisotopic (exact) mass is 418 g/mol. The third kappa shape index (κ3) is 5.01. The third-order valence-corrected chi connectivity index (χ3v) is 5.06. The lowest BCUT2D eigenvalue weighted by molar-refractivity contribution is -0.131. The number of aromatic amines is 1. The quantitative estimate of drug-likeness (QED) is 0.410. The zero-order valence-electron chi connectivity index (χ0n) is 16.2. The summed E-state index contributed by atoms with van der Waals surface area (Å²) < 4.78 is 13.7. The summed E-state index contributed by atoms with van der Waals surface area (Å²) in [6.45, 7) is -0.626. The Hall–Kier alpha value is -3.27. The fourth-order valence-electron chi connectivity index (χ4n) is 3.47. The van der Waals surface area contributed by atoms with Gasteiger partial charge >= 0.3 is 0 Å². The lowest BCUT2D eigenvalue weighted by Gasteiger charge is -2.26. The number of nitrogens with one attached hydrogen (secondary N) is 4. The van der Waals surface area contributed by atoms with Crippen molar-refractivity contribution in [1.29, 1.82) is 0 Å². The average molecular weight is 418 g/mol. The molecule has 0 aliphatic carbocycles. The number of hydrogen-bond acceptors (Lipinski definition) is 5. The molecule has 160 valence electrons. The van der Waals surface area contributed by atoms with Crippen LogP contribution in [0.1, 0.15) is 29.8 Å². The number of carbonyl (C=O) groups is 4. The number of Topliss-reactive ketones (excluding diaryl/α,β-unsaturated/α-hetero) is 1. The van der Waals surface area contributed by atoms with Gasteiger partial charge in [-0.3, -0.25) is 19.2 Å². The first-order chi connectivity index (χ1) is 14.4. The Balaban J connectivity index is 1.57. The molecule has 0 bridgehead atoms. The van der Waals surface area contributed by atoms with Gasteiger partial charge in [0.2, 0.25) is 11.8 Å². The highest BCUT2D eigenvalue weighted by atomic mass is 19.1. The predicted molar refractivity (Wildman–Crippen MR) is 105 cm³/mol. The molecule has 0 radical (unpaired) electrons. The topological polar surface area (TPSA) is 140 Å². The van der Waals surface area contributed by atoms with Crippen LogP contribution >= 0.6 is 0 Å². The van der Waals surface area contributed by atoms with Gasteiger partial charge in [0.15, 0.2) is 5.78 Å². The summed E-state index contributed by atoms with van der Waals surface area (Å²) in [5.74, 6) is -2.99. The fourth-order valence-corrected chi connectivity index (χ4v) is 3.47. The number of ketones is 1. The summed E-state index contributed by atoms with van der Waals surface area (Å²) in [6, 6.07) is 4.86. The number of benzene rings is 1. The Morgan fingerprint density at radius 2 is 2.10 bits per heavy atom. The first-order valence-electron chi connectivity index (χ1n) is 9.65. The van der Waals surface area contributed by atoms with E-state index in [9.17, 15) is 23.6 Å². The van der Waals surface area contributed by atoms with Gasteiger partial charge in [-0.1, -0.05) is 12.1 Å². The molecule has 2 heterocycles. The number of rotatable bonds is 8. The fraction of sp³-hybridized carbons (Fsp3) is 0.400. The summed E-state index contributed by atoms with van der Waals surface area (Å²) in [5.41, 5.74) is 0.274. The highest BCUT2D eigenvalue weighted by molar-refractivity contribution is 6.00. The maximum atomic E-state index is 13.7. The van der Waals surface area contributed by atoms with Gasteiger partial charge in [-0.05, 0) is 31.4 Å². The predicted octanol–water partition coefficient (Wildman–Crippen LogP) is -0.000700. The second kappa shape index (κ2) is 9.49. The minimum Gasteiger partial charge on any atom is -0.389 e. The Morgan fingerprint density at radius 3 is 2.80 bits per heavy atom. The molecular formula is C20H23FN4O5. The summed E-state index contributed by atoms with van der Waals surface area (Å²) in [5, 5.41) is 17.3. The van der Waals surface area contributed by atoms with Gasteiger partial charge in [0.1, 0.15) is 18.1 Å². The number of aromatic nitrogens is 1. The van der Waals surface area contributed by atoms with E-state index in [2.05, 4.69) is 20.9 Å². The van der Waals surface area contributed by atoms with Gasteiger partial charge in [-0.2, -0.15) is 0 Å². The molecule has 1 aromatic heterocycles. The van der Waals surface area contributed by atoms with E-state index in [0.717, 1.165) is 6.42 Å². The largest absolute Gasteiger partial charge is 0.389 e. The Kier molecular flexibility index (Phi) is 6.78. The average Bonchev–Trinajstić information content (AvgIpc) is 3.18. The molecule has 9 nitrogen and oxygen atoms in total. The maximum absolute atomic E-state index is 13.7. The number of hydrogen-bond donors (Lipinski definition) is 5. The molecule has 2 atom stereocenters. The molecule has 2 aromatic rings. The van der Waals surface area contributed by atoms with Crippen molar-refractivity contribution < 1.29 is 28.7 Å². The first-order valence-corrected chi connectivity index (χ1v) is 9.65. The van der Waals surface area contributed by atoms with E-state index in [1.807, 2.05) is 0 Å². The standard InChI is InChI=1S/C20H23FN4O5/c21-13-5-1-3-11-7-15(25-18(11)13)20(30)23-9-17(28)24-14(16(27)10-26)8-12-4-2-6-22-19(12)29/h1,3,5,7,12,14,25-26H,2,4,6,8-10H2,(H,22,29)(H,23,30)(H,24,28)/t12-,14?/m0/s1. The summed E-state index contributed by atoms with van der Waals surface area (Å²) in [7, 11) is 0. The van der Waals surface area contributed by atoms with Crippen LogP contribution in [0, 0.1) is 11.7 Å². The number of halogens is 1. The van der Waals surface area contributed by atoms with Crippen LogP contribution in [0.15, 0.2) is 24.3 Å². The molecule has 1 aliphatic heterocycles. The van der Waals surface area contributed by atoms with Crippen LogP contribution in [0.25, 0.3) is 10.9 Å². The van der Waals surface area contributed by atoms with Crippen molar-refractivity contribution in [3.8, 4) is 0 Å². The van der Waals surface area contributed by atoms with E-state index >= 15 is 0 Å². The van der Waals surface area contributed by atoms with E-state index in [4.69, 9.17) is 5.11 Å². The number of amides is 3. The Labute approximate surface area is 171 Å². The molecular weight excluding hydrogens is 395 g/mol. The van der Waals surface area contributed by atoms with E-state index in [1.54, 1.807) is 6.07 Å². The highest BCUT2D eigenvalue weighted by Gasteiger charge is 2.29. The van der Waals surface area contributed by atoms with E-state index in [0.29, 0.717) is 18.4 Å². The van der Waals surface area contributed by atoms with Crippen LogP contribution < -0.4 is 16.0 Å². The van der Waals surface area contributed by atoms with Gasteiger partial charge in [0, 0.05) is 17.8 Å². The molecule has 0 saturated carbocycles. The molecule has 5 N–H and O–H groups in total. The van der Waals surface area contributed by atoms with Gasteiger partial charge in [-0.25, -0.2) is 4.39 Å². The van der Waals surface area contributed by atoms with Crippen molar-refractivity contribution in [3.05, 3.63) is 35.8 Å². The summed E-state index contributed by atoms with van der Waals surface area (Å²) in [6.07, 6.45) is 1.43. The van der Waals surface area contributed by atoms with Crippen molar-refractivity contribution >= 4 is 34.4 Å². The van der Waals surface area contributed by atoms with E-state index in [-0.39, 0.29) is 23.5 Å². The van der Waals surface area contributed by atoms with Gasteiger partial charge in [-0.15, -0.1) is 0 Å². The van der Waals surface area contributed by atoms with E-state index in [1.165, 1.54) is 18.2 Å². The highest BCUT2D eigenvalue weighted by Crippen LogP contribution is 2.19. The lowest BCUT2D eigenvalue weighted by Crippen LogP contribution is -2.49. The summed E-state index contributed by atoms with van der Waals surface area (Å²) >= 11 is 0. The molecule has 1 aromatic carbocycles. The van der Waals surface area contributed by atoms with Crippen LogP contribution in [0.5, 0.6) is 0 Å². The zero-order valence-corrected chi connectivity index (χ0v) is 16.2. The molecule has 1 fully saturated rings. The molecule has 10 heteroatoms. The van der Waals surface area contributed by atoms with Crippen molar-refractivity contribution in [2.24, 2.45) is 5.92 Å². The van der Waals surface area contributed by atoms with Crippen molar-refractivity contribution in [2.75, 3.05) is 19.7 Å². The zero-order chi connectivity index (χ0) is 21.7. The number of para-hydroxylation sites is 1. The minimum atomic E-state index is -1.03. The third-order valence-electron chi connectivity index (χ3n) is 5.06. The van der Waals surface area contributed by atoms with Gasteiger partial charge in [0.25, 0.3) is 5.91 Å². The normalized spacial score (nSPS) is 17.3. The van der Waals surface area contributed by atoms with Crippen LogP contribution in [0.3, 0.4) is 0 Å². The smallest absolute Gasteiger partial charge is 0.268 e. The summed E-state index contributed by atoms with van der Waals surface area (Å²) in [4.78, 5) is 51.1. The lowest BCUT2D eigenvalue weighted by atomic mass is 9.90. The molecule has 3 rings (SSSR count). The number of aliphatic hydroxyl groups excluding tert-OH is 1. The Morgan fingerprint density at radius 1 is 1.30 bits per heavy atom. The van der Waals surface area contributed by atoms with E-state index < -0.39 is 48.5 Å². The molecule has 1 unspecified atom stereocenters. The van der Waals surface area contributed by atoms with Crippen LogP contribution in [-0.2, 0) is 14.4 Å². The van der Waals surface area contributed by atoms with Crippen LogP contribution in [-0.4, -0.2) is 59.3 Å². The maximum Gasteiger partial charge on any atom is 0.268 e. The Bertz CT molecular complexity index is 973. The molecule has 1 saturated heterocycles. The second-order valence-corrected chi connectivity index (χ2v) is 7.18. The minimum absolute atomic E-state index is 0.0756. The number of carbonyl (C=O) groups excluding carboxylic acids is 4. The number of H-pyrrole nitrogens is 1. The van der Waals surface area contributed by atoms with Crippen LogP contribution in [0.4, 0.5) is 4.39 Å². The van der Waals surface area contributed by atoms with Gasteiger partial charge < -0.3 is 26.0 Å². The number of fused-ring (bicyclic) bond motifs is 1. The van der Waals surface area contributed by atoms with Crippen molar-refractivity contribution in [3.63, 3.8) is 0 Å². The number of aliphatic hydroxyl groups is 1. The SMILES string of the molecule is O=C(CNC(=O)c1cc2cccc(F)c2[nH]1)NC(C[C@@H]1CCCNC1=O)C(=O)CO. The second-order valence-electron chi connectivity index (χ2n) is 7.18. The van der Waals surface area contributed by atoms with Crippen molar-refractivity contribution in [2.45, 2.75) is 25.3 Å². The van der Waals surface area contributed by atoms with Crippen molar-refractivity contribution in [1.82, 2.24) is 20.9 Å². The molecule has 1 aliphatic rings. The molecule has 30 heavy (non-hydrogen) atoms. The first kappa shape index (κ1) is 21.4. The molecule has 0 spiro atoms. The number of piperidine rings is 1. The molecule has 3 amide bonds. The van der Waals surface area contributed by atoms with Gasteiger partial charge in [0.05, 0.1) is 18.1 Å².